The van der Waals surface area contributed by atoms with Gasteiger partial charge in [-0.2, -0.15) is 0 Å². The second-order valence-corrected chi connectivity index (χ2v) is 8.27. The van der Waals surface area contributed by atoms with Crippen molar-refractivity contribution in [3.63, 3.8) is 0 Å². The summed E-state index contributed by atoms with van der Waals surface area (Å²) in [5.41, 5.74) is 1.71. The van der Waals surface area contributed by atoms with Crippen molar-refractivity contribution in [3.05, 3.63) is 35.4 Å². The number of carbonyl (C=O) groups is 2. The van der Waals surface area contributed by atoms with Gasteiger partial charge in [0.2, 0.25) is 5.91 Å². The van der Waals surface area contributed by atoms with E-state index in [4.69, 9.17) is 4.74 Å². The normalized spacial score (nSPS) is 24.7. The van der Waals surface area contributed by atoms with Crippen LogP contribution in [0.5, 0.6) is 0 Å². The summed E-state index contributed by atoms with van der Waals surface area (Å²) in [6.07, 6.45) is 4.16. The van der Waals surface area contributed by atoms with E-state index in [0.29, 0.717) is 37.8 Å². The predicted octanol–water partition coefficient (Wildman–Crippen LogP) is 2.39. The molecule has 1 unspecified atom stereocenters. The lowest BCUT2D eigenvalue weighted by Gasteiger charge is -2.37. The zero-order valence-electron chi connectivity index (χ0n) is 15.5. The van der Waals surface area contributed by atoms with Crippen LogP contribution in [-0.4, -0.2) is 49.6 Å². The molecule has 1 saturated carbocycles. The average molecular weight is 356 g/mol. The van der Waals surface area contributed by atoms with Crippen LogP contribution in [-0.2, 0) is 9.53 Å². The molecule has 1 aromatic rings. The standard InChI is InChI=1S/C21H28N2O3/c1-15-2-6-17(7-3-15)20(25)23-13-18(19(24)22-12-16-4-5-16)21(14-23)8-10-26-11-9-21/h2-3,6-7,16,18H,4-5,8-14H2,1H3,(H,22,24). The molecule has 0 radical (unpaired) electrons. The van der Waals surface area contributed by atoms with Crippen LogP contribution in [0.25, 0.3) is 0 Å². The highest BCUT2D eigenvalue weighted by atomic mass is 16.5. The molecule has 1 spiro atoms. The first-order valence-electron chi connectivity index (χ1n) is 9.79. The molecule has 1 atom stereocenters. The molecule has 1 N–H and O–H groups in total. The highest BCUT2D eigenvalue weighted by Gasteiger charge is 2.51. The highest BCUT2D eigenvalue weighted by molar-refractivity contribution is 5.95. The van der Waals surface area contributed by atoms with Gasteiger partial charge in [0.1, 0.15) is 0 Å². The van der Waals surface area contributed by atoms with Crippen molar-refractivity contribution in [2.75, 3.05) is 32.8 Å². The number of hydrogen-bond acceptors (Lipinski definition) is 3. The van der Waals surface area contributed by atoms with E-state index in [2.05, 4.69) is 5.32 Å². The maximum Gasteiger partial charge on any atom is 0.253 e. The number of ether oxygens (including phenoxy) is 1. The number of aryl methyl sites for hydroxylation is 1. The summed E-state index contributed by atoms with van der Waals surface area (Å²) in [5.74, 6) is 0.696. The molecule has 0 bridgehead atoms. The van der Waals surface area contributed by atoms with Crippen LogP contribution in [0.2, 0.25) is 0 Å². The Hall–Kier alpha value is -1.88. The second kappa shape index (κ2) is 7.03. The zero-order chi connectivity index (χ0) is 18.1. The lowest BCUT2D eigenvalue weighted by Crippen LogP contribution is -2.44. The molecule has 1 aromatic carbocycles. The Bertz CT molecular complexity index is 675. The molecule has 140 valence electrons. The van der Waals surface area contributed by atoms with Crippen molar-refractivity contribution < 1.29 is 14.3 Å². The molecule has 5 nitrogen and oxygen atoms in total. The molecule has 0 aromatic heterocycles. The maximum atomic E-state index is 13.0. The summed E-state index contributed by atoms with van der Waals surface area (Å²) in [5, 5.41) is 3.15. The van der Waals surface area contributed by atoms with E-state index in [1.807, 2.05) is 36.1 Å². The highest BCUT2D eigenvalue weighted by Crippen LogP contribution is 2.45. The molecule has 2 saturated heterocycles. The zero-order valence-corrected chi connectivity index (χ0v) is 15.5. The predicted molar refractivity (Wildman–Crippen MR) is 98.8 cm³/mol. The van der Waals surface area contributed by atoms with Gasteiger partial charge in [-0.3, -0.25) is 9.59 Å². The number of amides is 2. The van der Waals surface area contributed by atoms with E-state index < -0.39 is 0 Å². The fourth-order valence-corrected chi connectivity index (χ4v) is 4.34. The van der Waals surface area contributed by atoms with Crippen LogP contribution < -0.4 is 5.32 Å². The summed E-state index contributed by atoms with van der Waals surface area (Å²) < 4.78 is 5.55. The number of hydrogen-bond donors (Lipinski definition) is 1. The van der Waals surface area contributed by atoms with Crippen molar-refractivity contribution in [3.8, 4) is 0 Å². The summed E-state index contributed by atoms with van der Waals surface area (Å²) in [6.45, 7) is 5.33. The largest absolute Gasteiger partial charge is 0.381 e. The molecular formula is C21H28N2O3. The Labute approximate surface area is 155 Å². The first kappa shape index (κ1) is 17.5. The Morgan fingerprint density at radius 3 is 2.54 bits per heavy atom. The summed E-state index contributed by atoms with van der Waals surface area (Å²) >= 11 is 0. The van der Waals surface area contributed by atoms with Gasteiger partial charge < -0.3 is 15.0 Å². The van der Waals surface area contributed by atoms with E-state index in [1.165, 1.54) is 12.8 Å². The Balaban J connectivity index is 1.51. The molecule has 4 rings (SSSR count). The average Bonchev–Trinajstić information content (AvgIpc) is 3.42. The van der Waals surface area contributed by atoms with Crippen LogP contribution in [0.3, 0.4) is 0 Å². The fraction of sp³-hybridized carbons (Fsp3) is 0.619. The van der Waals surface area contributed by atoms with Crippen LogP contribution in [0.15, 0.2) is 24.3 Å². The van der Waals surface area contributed by atoms with Crippen molar-refractivity contribution >= 4 is 11.8 Å². The van der Waals surface area contributed by atoms with Crippen molar-refractivity contribution in [1.29, 1.82) is 0 Å². The lowest BCUT2D eigenvalue weighted by atomic mass is 9.71. The van der Waals surface area contributed by atoms with E-state index in [-0.39, 0.29) is 23.1 Å². The first-order valence-corrected chi connectivity index (χ1v) is 9.79. The minimum absolute atomic E-state index is 0.0355. The maximum absolute atomic E-state index is 13.0. The molecular weight excluding hydrogens is 328 g/mol. The van der Waals surface area contributed by atoms with E-state index in [9.17, 15) is 9.59 Å². The quantitative estimate of drug-likeness (QED) is 0.901. The summed E-state index contributed by atoms with van der Waals surface area (Å²) in [6, 6.07) is 7.70. The van der Waals surface area contributed by atoms with Gasteiger partial charge in [0, 0.05) is 43.8 Å². The number of benzene rings is 1. The van der Waals surface area contributed by atoms with Gasteiger partial charge in [0.25, 0.3) is 5.91 Å². The molecule has 26 heavy (non-hydrogen) atoms. The number of rotatable bonds is 4. The summed E-state index contributed by atoms with van der Waals surface area (Å²) in [4.78, 5) is 27.8. The minimum Gasteiger partial charge on any atom is -0.381 e. The van der Waals surface area contributed by atoms with Crippen molar-refractivity contribution in [2.45, 2.75) is 32.6 Å². The SMILES string of the molecule is Cc1ccc(C(=O)N2CC(C(=O)NCC3CC3)C3(CCOCC3)C2)cc1. The Morgan fingerprint density at radius 1 is 1.19 bits per heavy atom. The van der Waals surface area contributed by atoms with Gasteiger partial charge in [-0.1, -0.05) is 17.7 Å². The van der Waals surface area contributed by atoms with Crippen molar-refractivity contribution in [1.82, 2.24) is 10.2 Å². The second-order valence-electron chi connectivity index (χ2n) is 8.27. The summed E-state index contributed by atoms with van der Waals surface area (Å²) in [7, 11) is 0. The van der Waals surface area contributed by atoms with Gasteiger partial charge in [0.05, 0.1) is 5.92 Å². The van der Waals surface area contributed by atoms with Gasteiger partial charge >= 0.3 is 0 Å². The van der Waals surface area contributed by atoms with E-state index in [0.717, 1.165) is 24.9 Å². The minimum atomic E-state index is -0.133. The van der Waals surface area contributed by atoms with E-state index >= 15 is 0 Å². The third-order valence-corrected chi connectivity index (χ3v) is 6.30. The van der Waals surface area contributed by atoms with Crippen LogP contribution in [0.4, 0.5) is 0 Å². The third-order valence-electron chi connectivity index (χ3n) is 6.30. The van der Waals surface area contributed by atoms with Gasteiger partial charge in [-0.15, -0.1) is 0 Å². The van der Waals surface area contributed by atoms with Crippen LogP contribution in [0.1, 0.15) is 41.6 Å². The number of nitrogens with zero attached hydrogens (tertiary/aromatic N) is 1. The molecule has 2 heterocycles. The van der Waals surface area contributed by atoms with Gasteiger partial charge in [-0.05, 0) is 50.7 Å². The van der Waals surface area contributed by atoms with Gasteiger partial charge in [0.15, 0.2) is 0 Å². The van der Waals surface area contributed by atoms with Crippen LogP contribution >= 0.6 is 0 Å². The Morgan fingerprint density at radius 2 is 1.88 bits per heavy atom. The smallest absolute Gasteiger partial charge is 0.253 e. The molecule has 3 fully saturated rings. The van der Waals surface area contributed by atoms with E-state index in [1.54, 1.807) is 0 Å². The lowest BCUT2D eigenvalue weighted by molar-refractivity contribution is -0.129. The monoisotopic (exact) mass is 356 g/mol. The van der Waals surface area contributed by atoms with Crippen molar-refractivity contribution in [2.24, 2.45) is 17.3 Å². The Kier molecular flexibility index (Phi) is 4.74. The fourth-order valence-electron chi connectivity index (χ4n) is 4.34. The molecule has 3 aliphatic rings. The number of carbonyl (C=O) groups excluding carboxylic acids is 2. The van der Waals surface area contributed by atoms with Crippen LogP contribution in [0, 0.1) is 24.2 Å². The topological polar surface area (TPSA) is 58.6 Å². The third kappa shape index (κ3) is 3.50. The molecule has 2 amide bonds. The molecule has 5 heteroatoms. The number of likely N-dealkylation sites (tertiary alicyclic amines) is 1. The number of nitrogens with one attached hydrogen (secondary N) is 1. The first-order chi connectivity index (χ1) is 12.6. The molecule has 1 aliphatic carbocycles. The molecule has 2 aliphatic heterocycles. The van der Waals surface area contributed by atoms with Gasteiger partial charge in [-0.25, -0.2) is 0 Å².